The van der Waals surface area contributed by atoms with E-state index >= 15 is 0 Å². The first-order valence-corrected chi connectivity index (χ1v) is 9.87. The lowest BCUT2D eigenvalue weighted by Gasteiger charge is -2.29. The van der Waals surface area contributed by atoms with Crippen LogP contribution in [0.15, 0.2) is 0 Å². The SMILES string of the molecule is C[SiH](C)C(F)(C(=O)N(F)F)[SiH](C)C. The quantitative estimate of drug-likeness (QED) is 0.528. The topological polar surface area (TPSA) is 20.3 Å². The number of rotatable bonds is 3. The molecule has 1 amide bonds. The maximum Gasteiger partial charge on any atom is 0.313 e. The number of carbonyl (C=O) groups is 1. The molecule has 13 heavy (non-hydrogen) atoms. The van der Waals surface area contributed by atoms with Crippen LogP contribution in [-0.2, 0) is 4.79 Å². The number of alkyl halides is 1. The molecular formula is C6H14F3NOSi2. The Morgan fingerprint density at radius 3 is 1.54 bits per heavy atom. The molecule has 2 nitrogen and oxygen atoms in total. The van der Waals surface area contributed by atoms with E-state index in [9.17, 15) is 18.1 Å². The van der Waals surface area contributed by atoms with Crippen molar-refractivity contribution in [3.63, 3.8) is 0 Å². The molecule has 0 fully saturated rings. The lowest BCUT2D eigenvalue weighted by molar-refractivity contribution is -0.192. The van der Waals surface area contributed by atoms with Crippen LogP contribution in [0.1, 0.15) is 0 Å². The Morgan fingerprint density at radius 1 is 1.15 bits per heavy atom. The molecule has 0 aliphatic carbocycles. The van der Waals surface area contributed by atoms with Crippen LogP contribution in [0.3, 0.4) is 0 Å². The molecule has 0 unspecified atom stereocenters. The normalized spacial score (nSPS) is 12.4. The molecule has 0 radical (unpaired) electrons. The Labute approximate surface area is 78.8 Å². The molecule has 0 aliphatic rings. The molecule has 78 valence electrons. The van der Waals surface area contributed by atoms with E-state index in [4.69, 9.17) is 0 Å². The van der Waals surface area contributed by atoms with Crippen molar-refractivity contribution in [3.8, 4) is 0 Å². The first-order chi connectivity index (χ1) is 5.74. The van der Waals surface area contributed by atoms with Gasteiger partial charge in [-0.25, -0.2) is 4.39 Å². The van der Waals surface area contributed by atoms with Crippen LogP contribution in [0.25, 0.3) is 0 Å². The summed E-state index contributed by atoms with van der Waals surface area (Å²) in [5.74, 6) is -1.64. The van der Waals surface area contributed by atoms with Gasteiger partial charge in [-0.1, -0.05) is 35.2 Å². The fourth-order valence-corrected chi connectivity index (χ4v) is 7.81. The van der Waals surface area contributed by atoms with Gasteiger partial charge in [0.1, 0.15) is 0 Å². The Balaban J connectivity index is 4.91. The van der Waals surface area contributed by atoms with Gasteiger partial charge in [-0.2, -0.15) is 0 Å². The summed E-state index contributed by atoms with van der Waals surface area (Å²) < 4.78 is 37.8. The van der Waals surface area contributed by atoms with E-state index in [0.717, 1.165) is 0 Å². The number of amides is 1. The average molecular weight is 229 g/mol. The third-order valence-corrected chi connectivity index (χ3v) is 10.0. The van der Waals surface area contributed by atoms with Crippen molar-refractivity contribution < 1.29 is 18.1 Å². The summed E-state index contributed by atoms with van der Waals surface area (Å²) in [7, 11) is -4.10. The van der Waals surface area contributed by atoms with E-state index in [0.29, 0.717) is 0 Å². The van der Waals surface area contributed by atoms with Gasteiger partial charge in [0, 0.05) is 0 Å². The molecule has 0 rings (SSSR count). The predicted octanol–water partition coefficient (Wildman–Crippen LogP) is 1.34. The molecule has 0 saturated heterocycles. The lowest BCUT2D eigenvalue weighted by atomic mass is 10.7. The first-order valence-electron chi connectivity index (χ1n) is 4.09. The summed E-state index contributed by atoms with van der Waals surface area (Å²) in [6, 6.07) is 0. The fourth-order valence-electron chi connectivity index (χ4n) is 1.29. The van der Waals surface area contributed by atoms with Crippen LogP contribution >= 0.6 is 0 Å². The maximum absolute atomic E-state index is 13.9. The summed E-state index contributed by atoms with van der Waals surface area (Å²) in [6.45, 7) is 6.31. The van der Waals surface area contributed by atoms with E-state index in [1.165, 1.54) is 0 Å². The highest BCUT2D eigenvalue weighted by atomic mass is 28.3. The number of hydrogen-bond acceptors (Lipinski definition) is 1. The molecule has 7 heteroatoms. The van der Waals surface area contributed by atoms with E-state index in [2.05, 4.69) is 0 Å². The van der Waals surface area contributed by atoms with Gasteiger partial charge in [0.15, 0.2) is 4.92 Å². The molecule has 0 aromatic carbocycles. The number of carbonyl (C=O) groups excluding carboxylic acids is 1. The highest BCUT2D eigenvalue weighted by Crippen LogP contribution is 2.23. The third kappa shape index (κ3) is 2.33. The van der Waals surface area contributed by atoms with Gasteiger partial charge in [0.05, 0.1) is 17.6 Å². The first kappa shape index (κ1) is 12.7. The highest BCUT2D eigenvalue weighted by molar-refractivity contribution is 6.85. The Hall–Kier alpha value is -0.306. The second-order valence-corrected chi connectivity index (χ2v) is 10.6. The van der Waals surface area contributed by atoms with E-state index in [1.807, 2.05) is 0 Å². The van der Waals surface area contributed by atoms with Gasteiger partial charge in [-0.05, 0) is 5.34 Å². The second-order valence-electron chi connectivity index (χ2n) is 3.62. The maximum atomic E-state index is 13.9. The van der Waals surface area contributed by atoms with Crippen molar-refractivity contribution in [2.45, 2.75) is 31.1 Å². The van der Waals surface area contributed by atoms with Crippen molar-refractivity contribution >= 4 is 23.5 Å². The van der Waals surface area contributed by atoms with E-state index < -0.39 is 33.8 Å². The zero-order valence-electron chi connectivity index (χ0n) is 8.14. The van der Waals surface area contributed by atoms with Gasteiger partial charge < -0.3 is 0 Å². The highest BCUT2D eigenvalue weighted by Gasteiger charge is 2.49. The number of nitrogens with zero attached hydrogens (tertiary/aromatic N) is 1. The van der Waals surface area contributed by atoms with E-state index in [1.54, 1.807) is 26.2 Å². The van der Waals surface area contributed by atoms with Crippen LogP contribution in [0.5, 0.6) is 0 Å². The van der Waals surface area contributed by atoms with Crippen molar-refractivity contribution in [1.82, 2.24) is 5.34 Å². The van der Waals surface area contributed by atoms with Crippen LogP contribution in [0.2, 0.25) is 26.2 Å². The zero-order valence-corrected chi connectivity index (χ0v) is 10.5. The summed E-state index contributed by atoms with van der Waals surface area (Å²) in [5.41, 5.74) is 0. The van der Waals surface area contributed by atoms with Gasteiger partial charge in [-0.3, -0.25) is 4.79 Å². The van der Waals surface area contributed by atoms with Gasteiger partial charge in [-0.15, -0.1) is 0 Å². The smallest absolute Gasteiger partial charge is 0.266 e. The molecule has 0 heterocycles. The lowest BCUT2D eigenvalue weighted by Crippen LogP contribution is -2.57. The molecular weight excluding hydrogens is 215 g/mol. The summed E-state index contributed by atoms with van der Waals surface area (Å²) >= 11 is 0. The van der Waals surface area contributed by atoms with Crippen LogP contribution in [0, 0.1) is 0 Å². The molecule has 0 aromatic heterocycles. The summed E-state index contributed by atoms with van der Waals surface area (Å²) in [4.78, 5) is 8.71. The molecule has 0 atom stereocenters. The molecule has 0 bridgehead atoms. The molecule has 0 saturated carbocycles. The Bertz CT molecular complexity index is 190. The predicted molar refractivity (Wildman–Crippen MR) is 50.7 cm³/mol. The molecule has 0 aromatic rings. The average Bonchev–Trinajstić information content (AvgIpc) is 2.00. The van der Waals surface area contributed by atoms with Crippen LogP contribution in [0.4, 0.5) is 13.4 Å². The molecule has 0 spiro atoms. The molecule has 0 aliphatic heterocycles. The van der Waals surface area contributed by atoms with Crippen LogP contribution in [-0.4, -0.2) is 33.8 Å². The molecule has 0 N–H and O–H groups in total. The largest absolute Gasteiger partial charge is 0.313 e. The Morgan fingerprint density at radius 2 is 1.46 bits per heavy atom. The summed E-state index contributed by atoms with van der Waals surface area (Å²) in [6.07, 6.45) is 0. The monoisotopic (exact) mass is 229 g/mol. The number of halogens is 3. The second kappa shape index (κ2) is 4.27. The van der Waals surface area contributed by atoms with Crippen molar-refractivity contribution in [1.29, 1.82) is 0 Å². The van der Waals surface area contributed by atoms with Gasteiger partial charge >= 0.3 is 5.91 Å². The van der Waals surface area contributed by atoms with Crippen molar-refractivity contribution in [2.75, 3.05) is 0 Å². The number of hydrogen-bond donors (Lipinski definition) is 0. The minimum absolute atomic E-state index is 1.58. The Kier molecular flexibility index (Phi) is 4.17. The van der Waals surface area contributed by atoms with E-state index in [-0.39, 0.29) is 0 Å². The third-order valence-electron chi connectivity index (χ3n) is 2.16. The fraction of sp³-hybridized carbons (Fsp3) is 0.833. The zero-order chi connectivity index (χ0) is 10.8. The van der Waals surface area contributed by atoms with Crippen molar-refractivity contribution in [3.05, 3.63) is 0 Å². The standard InChI is InChI=1S/C6H14F3NOSi2/c1-12(2)6(7,13(3)4)5(11)10(8)9/h12-13H,1-4H3. The van der Waals surface area contributed by atoms with Gasteiger partial charge in [0.25, 0.3) is 0 Å². The van der Waals surface area contributed by atoms with Gasteiger partial charge in [0.2, 0.25) is 0 Å². The van der Waals surface area contributed by atoms with Crippen LogP contribution < -0.4 is 0 Å². The summed E-state index contributed by atoms with van der Waals surface area (Å²) in [5, 5.41) is -1.61. The minimum atomic E-state index is -2.20. The van der Waals surface area contributed by atoms with Crippen molar-refractivity contribution in [2.24, 2.45) is 0 Å². The minimum Gasteiger partial charge on any atom is -0.266 e.